The van der Waals surface area contributed by atoms with Crippen LogP contribution in [0.5, 0.6) is 5.75 Å². The predicted octanol–water partition coefficient (Wildman–Crippen LogP) is 2.62. The van der Waals surface area contributed by atoms with Crippen molar-refractivity contribution in [2.75, 3.05) is 26.2 Å². The predicted molar refractivity (Wildman–Crippen MR) is 98.4 cm³/mol. The van der Waals surface area contributed by atoms with E-state index >= 15 is 0 Å². The van der Waals surface area contributed by atoms with Gasteiger partial charge < -0.3 is 24.3 Å². The van der Waals surface area contributed by atoms with Crippen LogP contribution < -0.4 is 10.1 Å². The van der Waals surface area contributed by atoms with Crippen molar-refractivity contribution in [3.8, 4) is 5.75 Å². The molecule has 0 unspecified atom stereocenters. The standard InChI is InChI=1S/C20H23N3O4/c24-19(22-7-1-2-8-22)15-5-6-18-16(12-15)14-23(9-11-27-18)20(25)21-13-17-4-3-10-26-17/h3-6,10,12H,1-2,7-9,11,13-14H2,(H,21,25). The summed E-state index contributed by atoms with van der Waals surface area (Å²) in [6.07, 6.45) is 3.70. The maximum Gasteiger partial charge on any atom is 0.318 e. The second kappa shape index (κ2) is 7.73. The summed E-state index contributed by atoms with van der Waals surface area (Å²) < 4.78 is 11.0. The molecule has 3 heterocycles. The minimum Gasteiger partial charge on any atom is -0.491 e. The number of carbonyl (C=O) groups is 2. The Morgan fingerprint density at radius 1 is 1.07 bits per heavy atom. The number of nitrogens with zero attached hydrogens (tertiary/aromatic N) is 2. The van der Waals surface area contributed by atoms with Crippen molar-refractivity contribution in [1.82, 2.24) is 15.1 Å². The normalized spacial score (nSPS) is 16.4. The molecule has 1 aromatic heterocycles. The van der Waals surface area contributed by atoms with Gasteiger partial charge in [-0.3, -0.25) is 4.79 Å². The van der Waals surface area contributed by atoms with Crippen molar-refractivity contribution in [2.45, 2.75) is 25.9 Å². The van der Waals surface area contributed by atoms with E-state index in [1.54, 1.807) is 17.2 Å². The van der Waals surface area contributed by atoms with E-state index in [2.05, 4.69) is 5.32 Å². The van der Waals surface area contributed by atoms with Crippen LogP contribution in [0.15, 0.2) is 41.0 Å². The van der Waals surface area contributed by atoms with Gasteiger partial charge in [0.15, 0.2) is 0 Å². The molecule has 0 radical (unpaired) electrons. The quantitative estimate of drug-likeness (QED) is 0.902. The van der Waals surface area contributed by atoms with Gasteiger partial charge in [0.25, 0.3) is 5.91 Å². The van der Waals surface area contributed by atoms with Gasteiger partial charge in [-0.25, -0.2) is 4.79 Å². The third-order valence-electron chi connectivity index (χ3n) is 4.96. The maximum absolute atomic E-state index is 12.6. The van der Waals surface area contributed by atoms with Crippen molar-refractivity contribution in [2.24, 2.45) is 0 Å². The number of amides is 3. The SMILES string of the molecule is O=C(NCc1ccco1)N1CCOc2ccc(C(=O)N3CCCC3)cc2C1. The van der Waals surface area contributed by atoms with Crippen LogP contribution in [-0.2, 0) is 13.1 Å². The average molecular weight is 369 g/mol. The second-order valence-corrected chi connectivity index (χ2v) is 6.83. The van der Waals surface area contributed by atoms with E-state index in [0.29, 0.717) is 37.6 Å². The molecule has 0 aliphatic carbocycles. The Morgan fingerprint density at radius 3 is 2.70 bits per heavy atom. The highest BCUT2D eigenvalue weighted by Gasteiger charge is 2.23. The zero-order chi connectivity index (χ0) is 18.6. The van der Waals surface area contributed by atoms with E-state index in [-0.39, 0.29) is 11.9 Å². The Morgan fingerprint density at radius 2 is 1.93 bits per heavy atom. The van der Waals surface area contributed by atoms with Crippen LogP contribution in [0.25, 0.3) is 0 Å². The average Bonchev–Trinajstić information content (AvgIpc) is 3.36. The second-order valence-electron chi connectivity index (χ2n) is 6.83. The molecule has 2 aliphatic rings. The molecule has 27 heavy (non-hydrogen) atoms. The Balaban J connectivity index is 1.46. The Kier molecular flexibility index (Phi) is 5.00. The maximum atomic E-state index is 12.6. The Labute approximate surface area is 157 Å². The van der Waals surface area contributed by atoms with Crippen LogP contribution in [-0.4, -0.2) is 48.0 Å². The van der Waals surface area contributed by atoms with Crippen molar-refractivity contribution in [3.63, 3.8) is 0 Å². The van der Waals surface area contributed by atoms with Gasteiger partial charge in [0, 0.05) is 24.2 Å². The minimum atomic E-state index is -0.181. The van der Waals surface area contributed by atoms with Gasteiger partial charge in [0.2, 0.25) is 0 Å². The lowest BCUT2D eigenvalue weighted by atomic mass is 10.1. The number of benzene rings is 1. The molecule has 142 valence electrons. The summed E-state index contributed by atoms with van der Waals surface area (Å²) in [5, 5.41) is 2.86. The molecule has 7 nitrogen and oxygen atoms in total. The van der Waals surface area contributed by atoms with Gasteiger partial charge in [-0.1, -0.05) is 0 Å². The molecule has 0 atom stereocenters. The summed E-state index contributed by atoms with van der Waals surface area (Å²) in [5.41, 5.74) is 1.50. The molecule has 7 heteroatoms. The molecule has 1 aromatic carbocycles. The molecule has 1 fully saturated rings. The highest BCUT2D eigenvalue weighted by molar-refractivity contribution is 5.94. The van der Waals surface area contributed by atoms with E-state index in [0.717, 1.165) is 37.2 Å². The summed E-state index contributed by atoms with van der Waals surface area (Å²) in [4.78, 5) is 28.8. The molecule has 0 bridgehead atoms. The van der Waals surface area contributed by atoms with Crippen molar-refractivity contribution in [1.29, 1.82) is 0 Å². The molecule has 0 saturated carbocycles. The van der Waals surface area contributed by atoms with Gasteiger partial charge in [-0.05, 0) is 43.2 Å². The molecular formula is C20H23N3O4. The van der Waals surface area contributed by atoms with E-state index in [9.17, 15) is 9.59 Å². The summed E-state index contributed by atoms with van der Waals surface area (Å²) in [6, 6.07) is 8.93. The van der Waals surface area contributed by atoms with Gasteiger partial charge >= 0.3 is 6.03 Å². The summed E-state index contributed by atoms with van der Waals surface area (Å²) >= 11 is 0. The third-order valence-corrected chi connectivity index (χ3v) is 4.96. The number of urea groups is 1. The zero-order valence-electron chi connectivity index (χ0n) is 15.1. The number of furan rings is 1. The molecule has 0 spiro atoms. The Hall–Kier alpha value is -2.96. The lowest BCUT2D eigenvalue weighted by Crippen LogP contribution is -2.40. The molecular weight excluding hydrogens is 346 g/mol. The van der Waals surface area contributed by atoms with E-state index in [1.807, 2.05) is 29.2 Å². The molecule has 3 amide bonds. The number of nitrogens with one attached hydrogen (secondary N) is 1. The number of ether oxygens (including phenoxy) is 1. The Bertz CT molecular complexity index is 813. The van der Waals surface area contributed by atoms with Crippen LogP contribution in [0.4, 0.5) is 4.79 Å². The molecule has 2 aromatic rings. The third kappa shape index (κ3) is 3.92. The van der Waals surface area contributed by atoms with Gasteiger partial charge in [0.1, 0.15) is 18.1 Å². The molecule has 1 saturated heterocycles. The smallest absolute Gasteiger partial charge is 0.318 e. The summed E-state index contributed by atoms with van der Waals surface area (Å²) in [7, 11) is 0. The van der Waals surface area contributed by atoms with E-state index < -0.39 is 0 Å². The fraction of sp³-hybridized carbons (Fsp3) is 0.400. The first-order valence-electron chi connectivity index (χ1n) is 9.31. The van der Waals surface area contributed by atoms with Gasteiger partial charge in [0.05, 0.1) is 25.9 Å². The number of likely N-dealkylation sites (tertiary alicyclic amines) is 1. The van der Waals surface area contributed by atoms with E-state index in [1.165, 1.54) is 0 Å². The lowest BCUT2D eigenvalue weighted by Gasteiger charge is -2.20. The lowest BCUT2D eigenvalue weighted by molar-refractivity contribution is 0.0792. The van der Waals surface area contributed by atoms with Crippen molar-refractivity contribution < 1.29 is 18.7 Å². The topological polar surface area (TPSA) is 75.0 Å². The number of carbonyl (C=O) groups excluding carboxylic acids is 2. The number of hydrogen-bond donors (Lipinski definition) is 1. The fourth-order valence-electron chi connectivity index (χ4n) is 3.49. The van der Waals surface area contributed by atoms with Crippen LogP contribution in [0, 0.1) is 0 Å². The minimum absolute atomic E-state index is 0.0494. The number of hydrogen-bond acceptors (Lipinski definition) is 4. The largest absolute Gasteiger partial charge is 0.491 e. The zero-order valence-corrected chi connectivity index (χ0v) is 15.1. The van der Waals surface area contributed by atoms with Crippen LogP contribution >= 0.6 is 0 Å². The van der Waals surface area contributed by atoms with E-state index in [4.69, 9.17) is 9.15 Å². The number of fused-ring (bicyclic) bond motifs is 1. The molecule has 4 rings (SSSR count). The summed E-state index contributed by atoms with van der Waals surface area (Å²) in [5.74, 6) is 1.48. The van der Waals surface area contributed by atoms with Crippen molar-refractivity contribution in [3.05, 3.63) is 53.5 Å². The number of rotatable bonds is 3. The molecule has 2 aliphatic heterocycles. The van der Waals surface area contributed by atoms with Crippen molar-refractivity contribution >= 4 is 11.9 Å². The first kappa shape index (κ1) is 17.5. The fourth-order valence-corrected chi connectivity index (χ4v) is 3.49. The van der Waals surface area contributed by atoms with Gasteiger partial charge in [-0.15, -0.1) is 0 Å². The van der Waals surface area contributed by atoms with Crippen LogP contribution in [0.1, 0.15) is 34.5 Å². The highest BCUT2D eigenvalue weighted by atomic mass is 16.5. The first-order chi connectivity index (χ1) is 13.2. The van der Waals surface area contributed by atoms with Crippen LogP contribution in [0.3, 0.4) is 0 Å². The van der Waals surface area contributed by atoms with Crippen LogP contribution in [0.2, 0.25) is 0 Å². The highest BCUT2D eigenvalue weighted by Crippen LogP contribution is 2.25. The first-order valence-corrected chi connectivity index (χ1v) is 9.31. The monoisotopic (exact) mass is 369 g/mol. The molecule has 1 N–H and O–H groups in total. The van der Waals surface area contributed by atoms with Gasteiger partial charge in [-0.2, -0.15) is 0 Å². The summed E-state index contributed by atoms with van der Waals surface area (Å²) in [6.45, 7) is 3.26.